The Bertz CT molecular complexity index is 205. The standard InChI is InChI=1S/C11H18O3/c1-9(11(12)13)7-14-8-10-5-3-2-4-6-10/h10H,1-8H2,(H,12,13). The summed E-state index contributed by atoms with van der Waals surface area (Å²) in [5, 5.41) is 8.54. The number of carboxylic acid groups (broad SMARTS) is 1. The van der Waals surface area contributed by atoms with Gasteiger partial charge >= 0.3 is 5.97 Å². The van der Waals surface area contributed by atoms with Crippen LogP contribution in [0.5, 0.6) is 0 Å². The van der Waals surface area contributed by atoms with Gasteiger partial charge in [-0.3, -0.25) is 0 Å². The lowest BCUT2D eigenvalue weighted by molar-refractivity contribution is -0.133. The molecule has 1 fully saturated rings. The van der Waals surface area contributed by atoms with Crippen LogP contribution < -0.4 is 0 Å². The van der Waals surface area contributed by atoms with E-state index in [0.29, 0.717) is 12.5 Å². The van der Waals surface area contributed by atoms with Gasteiger partial charge in [0.25, 0.3) is 0 Å². The summed E-state index contributed by atoms with van der Waals surface area (Å²) in [6.07, 6.45) is 6.35. The maximum Gasteiger partial charge on any atom is 0.333 e. The number of carbonyl (C=O) groups is 1. The predicted molar refractivity (Wildman–Crippen MR) is 54.2 cm³/mol. The number of ether oxygens (including phenoxy) is 1. The highest BCUT2D eigenvalue weighted by atomic mass is 16.5. The van der Waals surface area contributed by atoms with Crippen molar-refractivity contribution in [2.45, 2.75) is 32.1 Å². The number of hydrogen-bond acceptors (Lipinski definition) is 2. The molecule has 0 aliphatic heterocycles. The molecule has 0 radical (unpaired) electrons. The van der Waals surface area contributed by atoms with Gasteiger partial charge in [-0.25, -0.2) is 4.79 Å². The molecule has 80 valence electrons. The van der Waals surface area contributed by atoms with Crippen LogP contribution in [0.1, 0.15) is 32.1 Å². The molecular weight excluding hydrogens is 180 g/mol. The highest BCUT2D eigenvalue weighted by molar-refractivity contribution is 5.85. The molecule has 1 aliphatic rings. The zero-order valence-corrected chi connectivity index (χ0v) is 8.50. The van der Waals surface area contributed by atoms with Crippen LogP contribution >= 0.6 is 0 Å². The van der Waals surface area contributed by atoms with Crippen molar-refractivity contribution in [1.82, 2.24) is 0 Å². The first-order valence-corrected chi connectivity index (χ1v) is 5.19. The SMILES string of the molecule is C=C(COCC1CCCCC1)C(=O)O. The van der Waals surface area contributed by atoms with Gasteiger partial charge in [0.1, 0.15) is 0 Å². The van der Waals surface area contributed by atoms with Crippen LogP contribution in [0.4, 0.5) is 0 Å². The van der Waals surface area contributed by atoms with E-state index < -0.39 is 5.97 Å². The molecule has 1 aliphatic carbocycles. The van der Waals surface area contributed by atoms with Crippen LogP contribution in [0.2, 0.25) is 0 Å². The molecule has 3 heteroatoms. The fourth-order valence-corrected chi connectivity index (χ4v) is 1.76. The molecule has 0 spiro atoms. The largest absolute Gasteiger partial charge is 0.478 e. The highest BCUT2D eigenvalue weighted by Gasteiger charge is 2.13. The molecule has 0 bridgehead atoms. The summed E-state index contributed by atoms with van der Waals surface area (Å²) in [4.78, 5) is 10.4. The first-order chi connectivity index (χ1) is 6.70. The first-order valence-electron chi connectivity index (χ1n) is 5.19. The molecule has 0 amide bonds. The topological polar surface area (TPSA) is 46.5 Å². The van der Waals surface area contributed by atoms with Gasteiger partial charge in [0.15, 0.2) is 0 Å². The van der Waals surface area contributed by atoms with E-state index in [1.165, 1.54) is 32.1 Å². The Kier molecular flexibility index (Phi) is 4.66. The Labute approximate surface area is 84.8 Å². The molecule has 3 nitrogen and oxygen atoms in total. The molecule has 1 saturated carbocycles. The van der Waals surface area contributed by atoms with E-state index in [4.69, 9.17) is 9.84 Å². The fraction of sp³-hybridized carbons (Fsp3) is 0.727. The van der Waals surface area contributed by atoms with E-state index in [0.717, 1.165) is 0 Å². The normalized spacial score (nSPS) is 18.0. The molecule has 1 rings (SSSR count). The summed E-state index contributed by atoms with van der Waals surface area (Å²) >= 11 is 0. The second kappa shape index (κ2) is 5.81. The minimum absolute atomic E-state index is 0.140. The van der Waals surface area contributed by atoms with Crippen molar-refractivity contribution in [2.75, 3.05) is 13.2 Å². The third-order valence-electron chi connectivity index (χ3n) is 2.66. The van der Waals surface area contributed by atoms with Gasteiger partial charge in [-0.05, 0) is 18.8 Å². The summed E-state index contributed by atoms with van der Waals surface area (Å²) in [6, 6.07) is 0. The van der Waals surface area contributed by atoms with Crippen molar-refractivity contribution in [3.63, 3.8) is 0 Å². The molecule has 1 N–H and O–H groups in total. The third-order valence-corrected chi connectivity index (χ3v) is 2.66. The van der Waals surface area contributed by atoms with Crippen molar-refractivity contribution >= 4 is 5.97 Å². The molecule has 0 aromatic heterocycles. The first kappa shape index (κ1) is 11.2. The minimum Gasteiger partial charge on any atom is -0.478 e. The molecule has 0 atom stereocenters. The van der Waals surface area contributed by atoms with Crippen molar-refractivity contribution in [1.29, 1.82) is 0 Å². The van der Waals surface area contributed by atoms with E-state index in [2.05, 4.69) is 6.58 Å². The van der Waals surface area contributed by atoms with E-state index in [1.807, 2.05) is 0 Å². The second-order valence-corrected chi connectivity index (χ2v) is 3.93. The van der Waals surface area contributed by atoms with Crippen molar-refractivity contribution < 1.29 is 14.6 Å². The quantitative estimate of drug-likeness (QED) is 0.689. The Hall–Kier alpha value is -0.830. The number of aliphatic carboxylic acids is 1. The maximum absolute atomic E-state index is 10.4. The molecule has 0 saturated heterocycles. The van der Waals surface area contributed by atoms with Gasteiger partial charge in [0.2, 0.25) is 0 Å². The van der Waals surface area contributed by atoms with E-state index >= 15 is 0 Å². The molecule has 0 heterocycles. The zero-order chi connectivity index (χ0) is 10.4. The maximum atomic E-state index is 10.4. The Balaban J connectivity index is 2.08. The third kappa shape index (κ3) is 3.92. The van der Waals surface area contributed by atoms with Crippen LogP contribution in [-0.4, -0.2) is 24.3 Å². The Morgan fingerprint density at radius 1 is 1.36 bits per heavy atom. The van der Waals surface area contributed by atoms with E-state index in [-0.39, 0.29) is 12.2 Å². The van der Waals surface area contributed by atoms with Gasteiger partial charge in [0.05, 0.1) is 12.2 Å². The lowest BCUT2D eigenvalue weighted by Crippen LogP contribution is -2.15. The van der Waals surface area contributed by atoms with Crippen molar-refractivity contribution in [2.24, 2.45) is 5.92 Å². The van der Waals surface area contributed by atoms with E-state index in [1.54, 1.807) is 0 Å². The van der Waals surface area contributed by atoms with Crippen LogP contribution in [0.25, 0.3) is 0 Å². The van der Waals surface area contributed by atoms with Gasteiger partial charge < -0.3 is 9.84 Å². The molecular formula is C11H18O3. The van der Waals surface area contributed by atoms with Gasteiger partial charge in [-0.2, -0.15) is 0 Å². The number of rotatable bonds is 5. The molecule has 0 unspecified atom stereocenters. The highest BCUT2D eigenvalue weighted by Crippen LogP contribution is 2.23. The van der Waals surface area contributed by atoms with Gasteiger partial charge in [-0.15, -0.1) is 0 Å². The summed E-state index contributed by atoms with van der Waals surface area (Å²) in [6.45, 7) is 4.26. The van der Waals surface area contributed by atoms with Crippen LogP contribution in [0, 0.1) is 5.92 Å². The van der Waals surface area contributed by atoms with Crippen molar-refractivity contribution in [3.05, 3.63) is 12.2 Å². The monoisotopic (exact) mass is 198 g/mol. The molecule has 0 aromatic carbocycles. The summed E-state index contributed by atoms with van der Waals surface area (Å²) in [7, 11) is 0. The predicted octanol–water partition coefficient (Wildman–Crippen LogP) is 2.22. The fourth-order valence-electron chi connectivity index (χ4n) is 1.76. The van der Waals surface area contributed by atoms with Crippen LogP contribution in [0.3, 0.4) is 0 Å². The van der Waals surface area contributed by atoms with E-state index in [9.17, 15) is 4.79 Å². The summed E-state index contributed by atoms with van der Waals surface area (Å²) in [5.74, 6) is -0.334. The Morgan fingerprint density at radius 3 is 2.57 bits per heavy atom. The smallest absolute Gasteiger partial charge is 0.333 e. The van der Waals surface area contributed by atoms with Crippen LogP contribution in [-0.2, 0) is 9.53 Å². The zero-order valence-electron chi connectivity index (χ0n) is 8.50. The lowest BCUT2D eigenvalue weighted by atomic mass is 9.90. The molecule has 14 heavy (non-hydrogen) atoms. The summed E-state index contributed by atoms with van der Waals surface area (Å²) in [5.41, 5.74) is 0.140. The number of hydrogen-bond donors (Lipinski definition) is 1. The summed E-state index contributed by atoms with van der Waals surface area (Å²) < 4.78 is 5.32. The van der Waals surface area contributed by atoms with Gasteiger partial charge in [0, 0.05) is 6.61 Å². The van der Waals surface area contributed by atoms with Crippen LogP contribution in [0.15, 0.2) is 12.2 Å². The average molecular weight is 198 g/mol. The average Bonchev–Trinajstić information content (AvgIpc) is 2.19. The number of carboxylic acids is 1. The minimum atomic E-state index is -0.964. The van der Waals surface area contributed by atoms with Gasteiger partial charge in [-0.1, -0.05) is 25.8 Å². The second-order valence-electron chi connectivity index (χ2n) is 3.93. The van der Waals surface area contributed by atoms with Crippen molar-refractivity contribution in [3.8, 4) is 0 Å². The molecule has 0 aromatic rings. The Morgan fingerprint density at radius 2 is 2.00 bits per heavy atom. The lowest BCUT2D eigenvalue weighted by Gasteiger charge is -2.21.